The van der Waals surface area contributed by atoms with Crippen LogP contribution in [0.15, 0.2) is 18.2 Å². The van der Waals surface area contributed by atoms with Gasteiger partial charge in [0, 0.05) is 25.1 Å². The predicted molar refractivity (Wildman–Crippen MR) is 76.8 cm³/mol. The molecule has 0 heterocycles. The van der Waals surface area contributed by atoms with Crippen molar-refractivity contribution in [1.29, 1.82) is 0 Å². The fraction of sp³-hybridized carbons (Fsp3) is 0.438. The van der Waals surface area contributed by atoms with Crippen LogP contribution in [0.1, 0.15) is 42.6 Å². The summed E-state index contributed by atoms with van der Waals surface area (Å²) in [5.41, 5.74) is 0.748. The van der Waals surface area contributed by atoms with E-state index in [2.05, 4.69) is 11.8 Å². The van der Waals surface area contributed by atoms with Gasteiger partial charge in [-0.3, -0.25) is 4.79 Å². The summed E-state index contributed by atoms with van der Waals surface area (Å²) < 4.78 is 13.3. The van der Waals surface area contributed by atoms with Crippen LogP contribution in [-0.2, 0) is 0 Å². The van der Waals surface area contributed by atoms with Crippen molar-refractivity contribution in [2.75, 3.05) is 13.7 Å². The Labute approximate surface area is 119 Å². The van der Waals surface area contributed by atoms with E-state index in [0.29, 0.717) is 17.5 Å². The monoisotopic (exact) mass is 277 g/mol. The molecule has 1 aromatic rings. The normalized spacial score (nSPS) is 11.4. The molecule has 1 amide bonds. The zero-order valence-corrected chi connectivity index (χ0v) is 12.1. The van der Waals surface area contributed by atoms with Crippen molar-refractivity contribution >= 4 is 5.91 Å². The third-order valence-electron chi connectivity index (χ3n) is 3.24. The molecule has 0 aliphatic heterocycles. The molecule has 1 atom stereocenters. The predicted octanol–water partition coefficient (Wildman–Crippen LogP) is 2.43. The molecular weight excluding hydrogens is 257 g/mol. The van der Waals surface area contributed by atoms with Crippen molar-refractivity contribution in [3.05, 3.63) is 35.1 Å². The van der Waals surface area contributed by atoms with Gasteiger partial charge in [0.05, 0.1) is 12.2 Å². The first kappa shape index (κ1) is 16.2. The molecule has 1 N–H and O–H groups in total. The number of carbonyl (C=O) groups excluding carboxylic acids is 1. The van der Waals surface area contributed by atoms with Gasteiger partial charge >= 0.3 is 0 Å². The summed E-state index contributed by atoms with van der Waals surface area (Å²) in [6.45, 7) is 3.90. The summed E-state index contributed by atoms with van der Waals surface area (Å²) >= 11 is 0. The summed E-state index contributed by atoms with van der Waals surface area (Å²) in [5.74, 6) is 4.87. The minimum absolute atomic E-state index is 0.0572. The minimum atomic E-state index is -0.430. The number of amides is 1. The average Bonchev–Trinajstić information content (AvgIpc) is 2.45. The van der Waals surface area contributed by atoms with Crippen LogP contribution in [0.4, 0.5) is 4.39 Å². The number of aliphatic hydroxyl groups is 1. The highest BCUT2D eigenvalue weighted by Crippen LogP contribution is 2.15. The second-order valence-corrected chi connectivity index (χ2v) is 4.64. The smallest absolute Gasteiger partial charge is 0.255 e. The largest absolute Gasteiger partial charge is 0.395 e. The van der Waals surface area contributed by atoms with E-state index in [1.54, 1.807) is 11.9 Å². The molecule has 4 heteroatoms. The second kappa shape index (κ2) is 7.66. The highest BCUT2D eigenvalue weighted by Gasteiger charge is 2.18. The van der Waals surface area contributed by atoms with Gasteiger partial charge in [-0.1, -0.05) is 18.8 Å². The summed E-state index contributed by atoms with van der Waals surface area (Å²) in [6.07, 6.45) is 1.14. The van der Waals surface area contributed by atoms with Crippen LogP contribution in [0, 0.1) is 17.7 Å². The van der Waals surface area contributed by atoms with Gasteiger partial charge in [-0.05, 0) is 31.5 Å². The molecule has 0 fully saturated rings. The molecule has 108 valence electrons. The Bertz CT molecular complexity index is 531. The minimum Gasteiger partial charge on any atom is -0.395 e. The lowest BCUT2D eigenvalue weighted by Crippen LogP contribution is -2.35. The molecule has 0 saturated carbocycles. The van der Waals surface area contributed by atoms with Crippen molar-refractivity contribution in [2.24, 2.45) is 0 Å². The standard InChI is InChI=1S/C16H20FNO2/c1-4-12(2)18(3)16(20)15-9-8-14(17)11-13(15)7-5-6-10-19/h8-9,11-12,19H,4,6,10H2,1-3H3. The molecule has 0 bridgehead atoms. The number of hydrogen-bond acceptors (Lipinski definition) is 2. The van der Waals surface area contributed by atoms with Crippen LogP contribution in [0.25, 0.3) is 0 Å². The summed E-state index contributed by atoms with van der Waals surface area (Å²) in [5, 5.41) is 8.72. The van der Waals surface area contributed by atoms with E-state index in [9.17, 15) is 9.18 Å². The molecule has 20 heavy (non-hydrogen) atoms. The summed E-state index contributed by atoms with van der Waals surface area (Å²) in [6, 6.07) is 4.07. The Kier molecular flexibility index (Phi) is 6.20. The molecular formula is C16H20FNO2. The van der Waals surface area contributed by atoms with Crippen LogP contribution in [0.5, 0.6) is 0 Å². The highest BCUT2D eigenvalue weighted by atomic mass is 19.1. The maximum atomic E-state index is 13.3. The van der Waals surface area contributed by atoms with Gasteiger partial charge in [-0.25, -0.2) is 4.39 Å². The zero-order valence-electron chi connectivity index (χ0n) is 12.1. The van der Waals surface area contributed by atoms with Crippen LogP contribution in [0.2, 0.25) is 0 Å². The van der Waals surface area contributed by atoms with Crippen LogP contribution < -0.4 is 0 Å². The Morgan fingerprint density at radius 1 is 1.50 bits per heavy atom. The number of halogens is 1. The molecule has 0 aliphatic carbocycles. The molecule has 1 unspecified atom stereocenters. The fourth-order valence-corrected chi connectivity index (χ4v) is 1.68. The van der Waals surface area contributed by atoms with Gasteiger partial charge in [0.25, 0.3) is 5.91 Å². The lowest BCUT2D eigenvalue weighted by molar-refractivity contribution is 0.0740. The van der Waals surface area contributed by atoms with Gasteiger partial charge in [-0.15, -0.1) is 0 Å². The quantitative estimate of drug-likeness (QED) is 0.859. The van der Waals surface area contributed by atoms with Crippen LogP contribution >= 0.6 is 0 Å². The van der Waals surface area contributed by atoms with E-state index >= 15 is 0 Å². The van der Waals surface area contributed by atoms with Gasteiger partial charge in [0.15, 0.2) is 0 Å². The van der Waals surface area contributed by atoms with E-state index in [1.807, 2.05) is 13.8 Å². The van der Waals surface area contributed by atoms with Crippen molar-refractivity contribution < 1.29 is 14.3 Å². The van der Waals surface area contributed by atoms with Crippen molar-refractivity contribution in [3.63, 3.8) is 0 Å². The lowest BCUT2D eigenvalue weighted by Gasteiger charge is -2.24. The second-order valence-electron chi connectivity index (χ2n) is 4.64. The van der Waals surface area contributed by atoms with Crippen molar-refractivity contribution in [1.82, 2.24) is 4.90 Å². The molecule has 0 spiro atoms. The number of aliphatic hydroxyl groups excluding tert-OH is 1. The Hall–Kier alpha value is -1.86. The zero-order chi connectivity index (χ0) is 15.1. The first-order chi connectivity index (χ1) is 9.51. The van der Waals surface area contributed by atoms with E-state index in [0.717, 1.165) is 6.42 Å². The van der Waals surface area contributed by atoms with E-state index in [4.69, 9.17) is 5.11 Å². The van der Waals surface area contributed by atoms with Crippen LogP contribution in [-0.4, -0.2) is 35.6 Å². The van der Waals surface area contributed by atoms with Gasteiger partial charge in [0.2, 0.25) is 0 Å². The molecule has 0 saturated heterocycles. The third kappa shape index (κ3) is 4.07. The number of rotatable bonds is 4. The van der Waals surface area contributed by atoms with E-state index < -0.39 is 5.82 Å². The Balaban J connectivity index is 3.11. The SMILES string of the molecule is CCC(C)N(C)C(=O)c1ccc(F)cc1C#CCCO. The number of nitrogens with zero attached hydrogens (tertiary/aromatic N) is 1. The number of carbonyl (C=O) groups is 1. The maximum absolute atomic E-state index is 13.3. The highest BCUT2D eigenvalue weighted by molar-refractivity contribution is 5.96. The molecule has 0 radical (unpaired) electrons. The first-order valence-corrected chi connectivity index (χ1v) is 6.67. The average molecular weight is 277 g/mol. The lowest BCUT2D eigenvalue weighted by atomic mass is 10.1. The molecule has 1 rings (SSSR count). The Morgan fingerprint density at radius 2 is 2.20 bits per heavy atom. The topological polar surface area (TPSA) is 40.5 Å². The van der Waals surface area contributed by atoms with Crippen molar-refractivity contribution in [2.45, 2.75) is 32.7 Å². The molecule has 0 aromatic heterocycles. The maximum Gasteiger partial charge on any atom is 0.255 e. The van der Waals surface area contributed by atoms with Crippen LogP contribution in [0.3, 0.4) is 0 Å². The summed E-state index contributed by atoms with van der Waals surface area (Å²) in [4.78, 5) is 14.0. The Morgan fingerprint density at radius 3 is 2.80 bits per heavy atom. The van der Waals surface area contributed by atoms with Crippen molar-refractivity contribution in [3.8, 4) is 11.8 Å². The number of benzene rings is 1. The molecule has 3 nitrogen and oxygen atoms in total. The van der Waals surface area contributed by atoms with Gasteiger partial charge in [-0.2, -0.15) is 0 Å². The van der Waals surface area contributed by atoms with Gasteiger partial charge < -0.3 is 10.0 Å². The molecule has 1 aromatic carbocycles. The number of hydrogen-bond donors (Lipinski definition) is 1. The third-order valence-corrected chi connectivity index (χ3v) is 3.24. The fourth-order valence-electron chi connectivity index (χ4n) is 1.68. The first-order valence-electron chi connectivity index (χ1n) is 6.67. The molecule has 0 aliphatic rings. The van der Waals surface area contributed by atoms with E-state index in [-0.39, 0.29) is 18.6 Å². The van der Waals surface area contributed by atoms with E-state index in [1.165, 1.54) is 18.2 Å². The van der Waals surface area contributed by atoms with Gasteiger partial charge in [0.1, 0.15) is 5.82 Å². The summed E-state index contributed by atoms with van der Waals surface area (Å²) in [7, 11) is 1.73.